The van der Waals surface area contributed by atoms with Crippen molar-refractivity contribution in [2.24, 2.45) is 0 Å². The van der Waals surface area contributed by atoms with Crippen LogP contribution in [0.25, 0.3) is 5.76 Å². The Bertz CT molecular complexity index is 1080. The molecule has 0 aliphatic carbocycles. The van der Waals surface area contributed by atoms with Crippen LogP contribution in [0.15, 0.2) is 60.7 Å². The number of methoxy groups -OCH3 is 1. The summed E-state index contributed by atoms with van der Waals surface area (Å²) in [5.74, 6) is -0.712. The molecular formula is C26H28ClNO6. The summed E-state index contributed by atoms with van der Waals surface area (Å²) in [6, 6.07) is 10.8. The zero-order chi connectivity index (χ0) is 24.7. The maximum Gasteiger partial charge on any atom is 0.295 e. The van der Waals surface area contributed by atoms with Crippen LogP contribution in [0.5, 0.6) is 11.5 Å². The van der Waals surface area contributed by atoms with Crippen molar-refractivity contribution in [2.45, 2.75) is 19.4 Å². The lowest BCUT2D eigenvalue weighted by Gasteiger charge is -2.26. The number of halogens is 1. The van der Waals surface area contributed by atoms with Crippen LogP contribution in [0.2, 0.25) is 5.02 Å². The van der Waals surface area contributed by atoms with Crippen LogP contribution in [0.3, 0.4) is 0 Å². The number of amides is 1. The Morgan fingerprint density at radius 3 is 2.53 bits per heavy atom. The highest BCUT2D eigenvalue weighted by Gasteiger charge is 2.46. The number of hydrogen-bond acceptors (Lipinski definition) is 6. The minimum atomic E-state index is -0.805. The van der Waals surface area contributed by atoms with Crippen molar-refractivity contribution < 1.29 is 28.9 Å². The fraction of sp³-hybridized carbons (Fsp3) is 0.308. The van der Waals surface area contributed by atoms with E-state index in [2.05, 4.69) is 6.58 Å². The molecule has 8 heteroatoms. The van der Waals surface area contributed by atoms with Crippen LogP contribution in [0.4, 0.5) is 0 Å². The number of rotatable bonds is 11. The molecule has 2 aromatic carbocycles. The Kier molecular flexibility index (Phi) is 8.73. The first-order chi connectivity index (χ1) is 16.4. The number of aliphatic hydroxyl groups is 1. The number of aliphatic hydroxyl groups excluding tert-OH is 1. The van der Waals surface area contributed by atoms with Crippen molar-refractivity contribution in [1.29, 1.82) is 0 Å². The Balaban J connectivity index is 2.13. The van der Waals surface area contributed by atoms with Crippen LogP contribution in [-0.2, 0) is 14.3 Å². The molecule has 3 rings (SSSR count). The van der Waals surface area contributed by atoms with E-state index in [1.165, 1.54) is 4.90 Å². The average Bonchev–Trinajstić information content (AvgIpc) is 3.08. The summed E-state index contributed by atoms with van der Waals surface area (Å²) in [6.07, 6.45) is 2.15. The van der Waals surface area contributed by atoms with Crippen LogP contribution in [-0.4, -0.2) is 55.2 Å². The summed E-state index contributed by atoms with van der Waals surface area (Å²) in [7, 11) is 1.57. The van der Waals surface area contributed by atoms with Gasteiger partial charge in [0.05, 0.1) is 18.2 Å². The number of carbonyl (C=O) groups is 2. The van der Waals surface area contributed by atoms with E-state index < -0.39 is 17.7 Å². The zero-order valence-electron chi connectivity index (χ0n) is 19.3. The molecule has 1 saturated heterocycles. The summed E-state index contributed by atoms with van der Waals surface area (Å²) >= 11 is 5.97. The maximum atomic E-state index is 13.1. The van der Waals surface area contributed by atoms with E-state index in [4.69, 9.17) is 25.8 Å². The molecular weight excluding hydrogens is 458 g/mol. The number of nitrogens with zero attached hydrogens (tertiary/aromatic N) is 1. The molecule has 0 saturated carbocycles. The third-order valence-electron chi connectivity index (χ3n) is 5.35. The van der Waals surface area contributed by atoms with Gasteiger partial charge in [0.2, 0.25) is 0 Å². The molecule has 7 nitrogen and oxygen atoms in total. The second-order valence-electron chi connectivity index (χ2n) is 7.58. The molecule has 0 spiro atoms. The molecule has 2 aromatic rings. The minimum Gasteiger partial charge on any atom is -0.507 e. The van der Waals surface area contributed by atoms with Gasteiger partial charge in [-0.15, -0.1) is 0 Å². The lowest BCUT2D eigenvalue weighted by molar-refractivity contribution is -0.140. The average molecular weight is 486 g/mol. The first kappa shape index (κ1) is 25.3. The first-order valence-electron chi connectivity index (χ1n) is 11.0. The summed E-state index contributed by atoms with van der Waals surface area (Å²) in [5.41, 5.74) is 1.01. The normalized spacial score (nSPS) is 17.1. The molecule has 1 amide bonds. The highest BCUT2D eigenvalue weighted by molar-refractivity contribution is 6.46. The Labute approximate surface area is 204 Å². The Morgan fingerprint density at radius 1 is 1.15 bits per heavy atom. The number of ketones is 1. The van der Waals surface area contributed by atoms with E-state index in [1.807, 2.05) is 6.92 Å². The van der Waals surface area contributed by atoms with Gasteiger partial charge in [-0.2, -0.15) is 0 Å². The standard InChI is InChI=1S/C26H28ClNO6/c1-4-14-34-20-12-9-18(16-21(20)33-5-2)23-22(24(29)17-7-10-19(27)11-8-17)25(30)26(31)28(23)13-6-15-32-3/h4,7-12,16,23,29H,1,5-6,13-15H2,2-3H3/b24-22+. The fourth-order valence-electron chi connectivity index (χ4n) is 3.83. The number of Topliss-reactive ketones (excluding diaryl/α,β-unsaturated/α-hetero) is 1. The van der Waals surface area contributed by atoms with Gasteiger partial charge < -0.3 is 24.2 Å². The molecule has 1 aliphatic rings. The van der Waals surface area contributed by atoms with Gasteiger partial charge in [-0.3, -0.25) is 9.59 Å². The number of likely N-dealkylation sites (tertiary alicyclic amines) is 1. The van der Waals surface area contributed by atoms with Gasteiger partial charge >= 0.3 is 0 Å². The molecule has 1 fully saturated rings. The quantitative estimate of drug-likeness (QED) is 0.162. The molecule has 1 atom stereocenters. The van der Waals surface area contributed by atoms with Gasteiger partial charge in [0, 0.05) is 30.8 Å². The van der Waals surface area contributed by atoms with Crippen LogP contribution in [0, 0.1) is 0 Å². The van der Waals surface area contributed by atoms with Crippen LogP contribution >= 0.6 is 11.6 Å². The minimum absolute atomic E-state index is 0.00643. The van der Waals surface area contributed by atoms with E-state index in [-0.39, 0.29) is 17.9 Å². The second-order valence-corrected chi connectivity index (χ2v) is 8.02. The molecule has 1 heterocycles. The fourth-order valence-corrected chi connectivity index (χ4v) is 3.96. The number of hydrogen-bond donors (Lipinski definition) is 1. The summed E-state index contributed by atoms with van der Waals surface area (Å²) in [5, 5.41) is 11.6. The molecule has 0 bridgehead atoms. The molecule has 180 valence electrons. The van der Waals surface area contributed by atoms with Gasteiger partial charge in [-0.05, 0) is 55.3 Å². The highest BCUT2D eigenvalue weighted by Crippen LogP contribution is 2.42. The van der Waals surface area contributed by atoms with Gasteiger partial charge in [-0.25, -0.2) is 0 Å². The van der Waals surface area contributed by atoms with Gasteiger partial charge in [0.1, 0.15) is 12.4 Å². The van der Waals surface area contributed by atoms with Crippen molar-refractivity contribution >= 4 is 29.1 Å². The molecule has 1 aliphatic heterocycles. The van der Waals surface area contributed by atoms with Crippen molar-refractivity contribution in [3.63, 3.8) is 0 Å². The van der Waals surface area contributed by atoms with Crippen molar-refractivity contribution in [2.75, 3.05) is 33.5 Å². The lowest BCUT2D eigenvalue weighted by Crippen LogP contribution is -2.31. The molecule has 1 N–H and O–H groups in total. The number of benzene rings is 2. The zero-order valence-corrected chi connectivity index (χ0v) is 20.0. The SMILES string of the molecule is C=CCOc1ccc(C2/C(=C(\O)c3ccc(Cl)cc3)C(=O)C(=O)N2CCCOC)cc1OCC. The molecule has 34 heavy (non-hydrogen) atoms. The van der Waals surface area contributed by atoms with Crippen LogP contribution in [0.1, 0.15) is 30.5 Å². The predicted molar refractivity (Wildman–Crippen MR) is 130 cm³/mol. The third-order valence-corrected chi connectivity index (χ3v) is 5.60. The van der Waals surface area contributed by atoms with Crippen molar-refractivity contribution in [3.05, 3.63) is 76.8 Å². The van der Waals surface area contributed by atoms with E-state index in [0.717, 1.165) is 0 Å². The second kappa shape index (κ2) is 11.7. The van der Waals surface area contributed by atoms with Crippen molar-refractivity contribution in [1.82, 2.24) is 4.90 Å². The highest BCUT2D eigenvalue weighted by atomic mass is 35.5. The summed E-state index contributed by atoms with van der Waals surface area (Å²) in [4.78, 5) is 27.6. The molecule has 0 radical (unpaired) electrons. The molecule has 0 aromatic heterocycles. The predicted octanol–water partition coefficient (Wildman–Crippen LogP) is 4.76. The summed E-state index contributed by atoms with van der Waals surface area (Å²) < 4.78 is 16.6. The van der Waals surface area contributed by atoms with Gasteiger partial charge in [0.25, 0.3) is 11.7 Å². The number of carbonyl (C=O) groups excluding carboxylic acids is 2. The van der Waals surface area contributed by atoms with Crippen molar-refractivity contribution in [3.8, 4) is 11.5 Å². The van der Waals surface area contributed by atoms with E-state index in [1.54, 1.807) is 55.7 Å². The topological polar surface area (TPSA) is 85.3 Å². The monoisotopic (exact) mass is 485 g/mol. The van der Waals surface area contributed by atoms with Gasteiger partial charge in [-0.1, -0.05) is 30.3 Å². The Morgan fingerprint density at radius 2 is 1.88 bits per heavy atom. The largest absolute Gasteiger partial charge is 0.507 e. The van der Waals surface area contributed by atoms with E-state index in [9.17, 15) is 14.7 Å². The third kappa shape index (κ3) is 5.43. The lowest BCUT2D eigenvalue weighted by atomic mass is 9.95. The molecule has 1 unspecified atom stereocenters. The van der Waals surface area contributed by atoms with E-state index in [0.29, 0.717) is 53.9 Å². The smallest absolute Gasteiger partial charge is 0.295 e. The Hall–Kier alpha value is -3.29. The summed E-state index contributed by atoms with van der Waals surface area (Å²) in [6.45, 7) is 6.90. The van der Waals surface area contributed by atoms with Crippen LogP contribution < -0.4 is 9.47 Å². The van der Waals surface area contributed by atoms with Gasteiger partial charge in [0.15, 0.2) is 11.5 Å². The number of ether oxygens (including phenoxy) is 3. The maximum absolute atomic E-state index is 13.1. The van der Waals surface area contributed by atoms with E-state index >= 15 is 0 Å². The first-order valence-corrected chi connectivity index (χ1v) is 11.3.